The van der Waals surface area contributed by atoms with Crippen molar-refractivity contribution >= 4 is 16.4 Å². The van der Waals surface area contributed by atoms with Gasteiger partial charge in [0.25, 0.3) is 0 Å². The first-order valence-electron chi connectivity index (χ1n) is 24.4. The zero-order chi connectivity index (χ0) is 43.9. The van der Waals surface area contributed by atoms with E-state index < -0.39 is 59.8 Å². The van der Waals surface area contributed by atoms with Crippen LogP contribution in [0.3, 0.4) is 0 Å². The SMILES string of the molecule is CCCCCCC/C=C\CCCCCCCCOCC(COC1OC(CO)C(O)C(OS(=O)(=O)O)C1O)OC(=O)CCCCCCCCCCCCCCCCCCCC. The van der Waals surface area contributed by atoms with E-state index in [1.807, 2.05) is 0 Å². The highest BCUT2D eigenvalue weighted by Gasteiger charge is 2.48. The lowest BCUT2D eigenvalue weighted by molar-refractivity contribution is -0.301. The van der Waals surface area contributed by atoms with Gasteiger partial charge in [-0.15, -0.1) is 0 Å². The lowest BCUT2D eigenvalue weighted by Crippen LogP contribution is -2.60. The van der Waals surface area contributed by atoms with Crippen molar-refractivity contribution in [3.05, 3.63) is 12.2 Å². The Hall–Kier alpha value is -1.16. The van der Waals surface area contributed by atoms with Gasteiger partial charge < -0.3 is 34.3 Å². The van der Waals surface area contributed by atoms with E-state index in [9.17, 15) is 28.5 Å². The van der Waals surface area contributed by atoms with Gasteiger partial charge in [0, 0.05) is 13.0 Å². The molecule has 0 radical (unpaired) electrons. The van der Waals surface area contributed by atoms with Crippen molar-refractivity contribution in [3.8, 4) is 0 Å². The van der Waals surface area contributed by atoms with Crippen LogP contribution in [0, 0.1) is 0 Å². The number of unbranched alkanes of at least 4 members (excludes halogenated alkanes) is 28. The molecular weight excluding hydrogens is 789 g/mol. The molecule has 1 fully saturated rings. The van der Waals surface area contributed by atoms with Crippen molar-refractivity contribution in [2.75, 3.05) is 26.4 Å². The maximum absolute atomic E-state index is 12.9. The Labute approximate surface area is 366 Å². The first-order valence-corrected chi connectivity index (χ1v) is 25.8. The Morgan fingerprint density at radius 1 is 0.617 bits per heavy atom. The molecule has 1 saturated heterocycles. The number of aliphatic hydroxyl groups excluding tert-OH is 3. The lowest BCUT2D eigenvalue weighted by atomic mass is 9.99. The number of esters is 1. The normalized spacial score (nSPS) is 20.3. The van der Waals surface area contributed by atoms with E-state index >= 15 is 0 Å². The van der Waals surface area contributed by atoms with E-state index in [0.717, 1.165) is 44.9 Å². The van der Waals surface area contributed by atoms with Crippen LogP contribution in [0.1, 0.15) is 219 Å². The fourth-order valence-electron chi connectivity index (χ4n) is 7.67. The molecular formula is C47H90O12S. The van der Waals surface area contributed by atoms with Crippen LogP contribution >= 0.6 is 0 Å². The van der Waals surface area contributed by atoms with Gasteiger partial charge in [0.15, 0.2) is 6.29 Å². The van der Waals surface area contributed by atoms with Crippen LogP contribution in [0.5, 0.6) is 0 Å². The smallest absolute Gasteiger partial charge is 0.397 e. The third-order valence-corrected chi connectivity index (χ3v) is 11.9. The van der Waals surface area contributed by atoms with Crippen molar-refractivity contribution < 1.29 is 56.2 Å². The van der Waals surface area contributed by atoms with Gasteiger partial charge in [0.1, 0.15) is 30.5 Å². The molecule has 13 heteroatoms. The van der Waals surface area contributed by atoms with Gasteiger partial charge in [-0.25, -0.2) is 4.18 Å². The number of hydrogen-bond donors (Lipinski definition) is 4. The van der Waals surface area contributed by atoms with Crippen LogP contribution in [0.15, 0.2) is 12.2 Å². The summed E-state index contributed by atoms with van der Waals surface area (Å²) < 4.78 is 59.1. The summed E-state index contributed by atoms with van der Waals surface area (Å²) in [6.45, 7) is 4.00. The fraction of sp³-hybridized carbons (Fsp3) is 0.936. The van der Waals surface area contributed by atoms with Gasteiger partial charge >= 0.3 is 16.4 Å². The van der Waals surface area contributed by atoms with Crippen molar-refractivity contribution in [1.29, 1.82) is 0 Å². The largest absolute Gasteiger partial charge is 0.457 e. The molecule has 0 bridgehead atoms. The highest BCUT2D eigenvalue weighted by Crippen LogP contribution is 2.26. The molecule has 12 nitrogen and oxygen atoms in total. The van der Waals surface area contributed by atoms with E-state index in [1.165, 1.54) is 148 Å². The minimum Gasteiger partial charge on any atom is -0.457 e. The summed E-state index contributed by atoms with van der Waals surface area (Å²) in [7, 11) is -5.06. The van der Waals surface area contributed by atoms with Gasteiger partial charge in [0.2, 0.25) is 0 Å². The van der Waals surface area contributed by atoms with E-state index in [-0.39, 0.29) is 19.6 Å². The van der Waals surface area contributed by atoms with Crippen molar-refractivity contribution in [2.45, 2.75) is 256 Å². The van der Waals surface area contributed by atoms with Crippen LogP contribution in [-0.4, -0.2) is 97.5 Å². The molecule has 0 aromatic carbocycles. The molecule has 1 aliphatic heterocycles. The second-order valence-corrected chi connectivity index (χ2v) is 18.1. The number of allylic oxidation sites excluding steroid dienone is 2. The van der Waals surface area contributed by atoms with Crippen LogP contribution in [0.4, 0.5) is 0 Å². The monoisotopic (exact) mass is 879 g/mol. The average Bonchev–Trinajstić information content (AvgIpc) is 3.22. The topological polar surface area (TPSA) is 178 Å². The molecule has 1 heterocycles. The zero-order valence-electron chi connectivity index (χ0n) is 38.0. The van der Waals surface area contributed by atoms with Gasteiger partial charge in [-0.05, 0) is 38.5 Å². The molecule has 0 aromatic heterocycles. The highest BCUT2D eigenvalue weighted by atomic mass is 32.3. The van der Waals surface area contributed by atoms with Crippen LogP contribution in [-0.2, 0) is 38.3 Å². The van der Waals surface area contributed by atoms with Gasteiger partial charge in [-0.1, -0.05) is 187 Å². The second-order valence-electron chi connectivity index (χ2n) is 17.1. The van der Waals surface area contributed by atoms with Crippen LogP contribution < -0.4 is 0 Å². The second kappa shape index (κ2) is 39.4. The minimum atomic E-state index is -5.06. The summed E-state index contributed by atoms with van der Waals surface area (Å²) in [5, 5.41) is 30.7. The first-order chi connectivity index (χ1) is 29.1. The third-order valence-electron chi connectivity index (χ3n) is 11.4. The number of carbonyl (C=O) groups is 1. The summed E-state index contributed by atoms with van der Waals surface area (Å²) in [5.74, 6) is -0.396. The zero-order valence-corrected chi connectivity index (χ0v) is 38.9. The Bertz CT molecular complexity index is 1110. The van der Waals surface area contributed by atoms with Gasteiger partial charge in [0.05, 0.1) is 19.8 Å². The molecule has 356 valence electrons. The fourth-order valence-corrected chi connectivity index (χ4v) is 8.18. The quantitative estimate of drug-likeness (QED) is 0.0197. The minimum absolute atomic E-state index is 0.0373. The summed E-state index contributed by atoms with van der Waals surface area (Å²) in [5.41, 5.74) is 0. The Kier molecular flexibility index (Phi) is 37.4. The summed E-state index contributed by atoms with van der Waals surface area (Å²) in [6, 6.07) is 0. The predicted octanol–water partition coefficient (Wildman–Crippen LogP) is 10.6. The molecule has 6 atom stereocenters. The molecule has 1 aliphatic rings. The number of ether oxygens (including phenoxy) is 4. The lowest BCUT2D eigenvalue weighted by Gasteiger charge is -2.41. The number of carbonyl (C=O) groups excluding carboxylic acids is 1. The Balaban J connectivity index is 2.38. The first kappa shape index (κ1) is 56.9. The van der Waals surface area contributed by atoms with Crippen molar-refractivity contribution in [1.82, 2.24) is 0 Å². The Morgan fingerprint density at radius 3 is 1.50 bits per heavy atom. The third kappa shape index (κ3) is 32.5. The van der Waals surface area contributed by atoms with Crippen LogP contribution in [0.2, 0.25) is 0 Å². The van der Waals surface area contributed by atoms with Gasteiger partial charge in [-0.3, -0.25) is 9.35 Å². The highest BCUT2D eigenvalue weighted by molar-refractivity contribution is 7.80. The van der Waals surface area contributed by atoms with Crippen molar-refractivity contribution in [2.24, 2.45) is 0 Å². The van der Waals surface area contributed by atoms with Crippen molar-refractivity contribution in [3.63, 3.8) is 0 Å². The maximum atomic E-state index is 12.9. The van der Waals surface area contributed by atoms with E-state index in [2.05, 4.69) is 30.2 Å². The van der Waals surface area contributed by atoms with Gasteiger partial charge in [-0.2, -0.15) is 8.42 Å². The summed E-state index contributed by atoms with van der Waals surface area (Å²) in [4.78, 5) is 12.9. The molecule has 0 aliphatic carbocycles. The molecule has 0 spiro atoms. The standard InChI is InChI=1S/C47H90O12S/c1-3-5-7-9-11-13-15-17-19-20-21-22-24-26-28-30-32-34-36-43(49)57-41(40-56-47-45(51)46(59-60(52,53)54)44(50)42(38-48)58-47)39-55-37-35-33-31-29-27-25-23-18-16-14-12-10-8-6-4-2/h16,18,41-42,44-48,50-51H,3-15,17,19-40H2,1-2H3,(H,52,53,54)/b18-16-. The molecule has 0 saturated carbocycles. The number of aliphatic hydroxyl groups is 3. The maximum Gasteiger partial charge on any atom is 0.397 e. The average molecular weight is 879 g/mol. The van der Waals surface area contributed by atoms with E-state index in [4.69, 9.17) is 23.5 Å². The van der Waals surface area contributed by atoms with E-state index in [1.54, 1.807) is 0 Å². The van der Waals surface area contributed by atoms with E-state index in [0.29, 0.717) is 13.0 Å². The number of hydrogen-bond acceptors (Lipinski definition) is 11. The summed E-state index contributed by atoms with van der Waals surface area (Å²) >= 11 is 0. The molecule has 60 heavy (non-hydrogen) atoms. The molecule has 0 aromatic rings. The molecule has 0 amide bonds. The summed E-state index contributed by atoms with van der Waals surface area (Å²) in [6.07, 6.45) is 33.8. The Morgan fingerprint density at radius 2 is 1.05 bits per heavy atom. The predicted molar refractivity (Wildman–Crippen MR) is 239 cm³/mol. The molecule has 6 unspecified atom stereocenters. The molecule has 1 rings (SSSR count). The molecule has 4 N–H and O–H groups in total. The number of rotatable bonds is 43. The van der Waals surface area contributed by atoms with Crippen LogP contribution in [0.25, 0.3) is 0 Å².